The monoisotopic (exact) mass is 289 g/mol. The summed E-state index contributed by atoms with van der Waals surface area (Å²) in [6.07, 6.45) is 1.14. The van der Waals surface area contributed by atoms with Crippen molar-refractivity contribution in [1.82, 2.24) is 4.90 Å². The molecule has 112 valence electrons. The molecule has 21 heavy (non-hydrogen) atoms. The maximum absolute atomic E-state index is 12.8. The van der Waals surface area contributed by atoms with Gasteiger partial charge in [-0.15, -0.1) is 0 Å². The third-order valence-corrected chi connectivity index (χ3v) is 3.97. The predicted molar refractivity (Wildman–Crippen MR) is 78.6 cm³/mol. The van der Waals surface area contributed by atoms with E-state index < -0.39 is 6.10 Å². The molecule has 1 amide bonds. The Bertz CT molecular complexity index is 676. The van der Waals surface area contributed by atoms with Gasteiger partial charge in [-0.25, -0.2) is 0 Å². The Labute approximate surface area is 123 Å². The number of benzene rings is 1. The molecule has 1 saturated heterocycles. The molecule has 1 unspecified atom stereocenters. The number of nitrogens with zero attached hydrogens (tertiary/aromatic N) is 1. The van der Waals surface area contributed by atoms with E-state index in [-0.39, 0.29) is 5.91 Å². The number of methoxy groups -OCH3 is 1. The Balaban J connectivity index is 2.02. The minimum atomic E-state index is -0.435. The lowest BCUT2D eigenvalue weighted by molar-refractivity contribution is 0.0473. The van der Waals surface area contributed by atoms with E-state index in [1.165, 1.54) is 0 Å². The highest BCUT2D eigenvalue weighted by Crippen LogP contribution is 2.30. The van der Waals surface area contributed by atoms with Crippen LogP contribution in [0.3, 0.4) is 0 Å². The van der Waals surface area contributed by atoms with Crippen LogP contribution < -0.4 is 4.74 Å². The standard InChI is InChI=1S/C16H19NO4/c1-10-15(16(19)17-7-3-4-11(18)9-17)13-8-12(20-2)5-6-14(13)21-10/h5-6,8,11,18H,3-4,7,9H2,1-2H3. The van der Waals surface area contributed by atoms with Crippen LogP contribution in [0.25, 0.3) is 11.0 Å². The van der Waals surface area contributed by atoms with Crippen LogP contribution in [0.15, 0.2) is 22.6 Å². The number of fused-ring (bicyclic) bond motifs is 1. The van der Waals surface area contributed by atoms with Crippen molar-refractivity contribution in [3.05, 3.63) is 29.5 Å². The molecule has 0 saturated carbocycles. The van der Waals surface area contributed by atoms with Gasteiger partial charge in [-0.2, -0.15) is 0 Å². The molecule has 0 radical (unpaired) electrons. The molecule has 1 aromatic carbocycles. The molecule has 2 heterocycles. The van der Waals surface area contributed by atoms with Gasteiger partial charge in [-0.05, 0) is 38.0 Å². The summed E-state index contributed by atoms with van der Waals surface area (Å²) in [7, 11) is 1.59. The number of ether oxygens (including phenoxy) is 1. The van der Waals surface area contributed by atoms with Crippen molar-refractivity contribution in [2.75, 3.05) is 20.2 Å². The maximum atomic E-state index is 12.8. The smallest absolute Gasteiger partial charge is 0.258 e. The quantitative estimate of drug-likeness (QED) is 0.921. The normalized spacial score (nSPS) is 19.0. The Kier molecular flexibility index (Phi) is 3.59. The van der Waals surface area contributed by atoms with Gasteiger partial charge in [-0.1, -0.05) is 0 Å². The van der Waals surface area contributed by atoms with Crippen molar-refractivity contribution in [2.24, 2.45) is 0 Å². The SMILES string of the molecule is COc1ccc2oc(C)c(C(=O)N3CCCC(O)C3)c2c1. The fourth-order valence-electron chi connectivity index (χ4n) is 2.89. The predicted octanol–water partition coefficient (Wildman–Crippen LogP) is 2.35. The Morgan fingerprint density at radius 3 is 3.00 bits per heavy atom. The molecule has 1 N–H and O–H groups in total. The number of aliphatic hydroxyl groups excluding tert-OH is 1. The largest absolute Gasteiger partial charge is 0.497 e. The highest BCUT2D eigenvalue weighted by molar-refractivity contribution is 6.07. The van der Waals surface area contributed by atoms with Crippen LogP contribution in [0, 0.1) is 6.92 Å². The number of rotatable bonds is 2. The van der Waals surface area contributed by atoms with Crippen LogP contribution in [0.1, 0.15) is 29.0 Å². The molecule has 0 aliphatic carbocycles. The van der Waals surface area contributed by atoms with Crippen LogP contribution in [0.5, 0.6) is 5.75 Å². The molecular weight excluding hydrogens is 270 g/mol. The summed E-state index contributed by atoms with van der Waals surface area (Å²) < 4.78 is 10.9. The number of hydrogen-bond donors (Lipinski definition) is 1. The molecule has 5 heteroatoms. The molecule has 2 aromatic rings. The average Bonchev–Trinajstić information content (AvgIpc) is 2.81. The number of likely N-dealkylation sites (tertiary alicyclic amines) is 1. The summed E-state index contributed by atoms with van der Waals surface area (Å²) in [4.78, 5) is 14.5. The van der Waals surface area contributed by atoms with E-state index >= 15 is 0 Å². The number of piperidine rings is 1. The van der Waals surface area contributed by atoms with Gasteiger partial charge < -0.3 is 19.2 Å². The van der Waals surface area contributed by atoms with Crippen molar-refractivity contribution in [3.8, 4) is 5.75 Å². The van der Waals surface area contributed by atoms with Crippen molar-refractivity contribution < 1.29 is 19.1 Å². The lowest BCUT2D eigenvalue weighted by Crippen LogP contribution is -2.42. The number of carbonyl (C=O) groups excluding carboxylic acids is 1. The summed E-state index contributed by atoms with van der Waals surface area (Å²) in [5.74, 6) is 1.21. The molecule has 1 fully saturated rings. The molecule has 3 rings (SSSR count). The number of carbonyl (C=O) groups is 1. The number of aliphatic hydroxyl groups is 1. The van der Waals surface area contributed by atoms with Crippen LogP contribution >= 0.6 is 0 Å². The number of hydrogen-bond acceptors (Lipinski definition) is 4. The first kappa shape index (κ1) is 13.9. The number of furan rings is 1. The van der Waals surface area contributed by atoms with Gasteiger partial charge in [-0.3, -0.25) is 4.79 Å². The average molecular weight is 289 g/mol. The number of aryl methyl sites for hydroxylation is 1. The summed E-state index contributed by atoms with van der Waals surface area (Å²) in [5, 5.41) is 10.5. The first-order valence-electron chi connectivity index (χ1n) is 7.14. The zero-order chi connectivity index (χ0) is 15.0. The third-order valence-electron chi connectivity index (χ3n) is 3.97. The Hall–Kier alpha value is -2.01. The van der Waals surface area contributed by atoms with Gasteiger partial charge in [0.25, 0.3) is 5.91 Å². The summed E-state index contributed by atoms with van der Waals surface area (Å²) >= 11 is 0. The minimum Gasteiger partial charge on any atom is -0.497 e. The topological polar surface area (TPSA) is 62.9 Å². The highest BCUT2D eigenvalue weighted by atomic mass is 16.5. The number of amides is 1. The van der Waals surface area contributed by atoms with Gasteiger partial charge in [0.1, 0.15) is 17.1 Å². The fraction of sp³-hybridized carbons (Fsp3) is 0.438. The molecule has 1 aliphatic rings. The minimum absolute atomic E-state index is 0.0850. The lowest BCUT2D eigenvalue weighted by atomic mass is 10.0. The highest BCUT2D eigenvalue weighted by Gasteiger charge is 2.27. The molecule has 1 atom stereocenters. The number of β-amino-alcohol motifs (C(OH)–C–C–N with tert-alkyl or cyclic N) is 1. The van der Waals surface area contributed by atoms with Gasteiger partial charge in [0.05, 0.1) is 18.8 Å². The van der Waals surface area contributed by atoms with E-state index in [4.69, 9.17) is 9.15 Å². The van der Waals surface area contributed by atoms with Gasteiger partial charge in [0, 0.05) is 18.5 Å². The van der Waals surface area contributed by atoms with Crippen molar-refractivity contribution in [2.45, 2.75) is 25.9 Å². The second-order valence-corrected chi connectivity index (χ2v) is 5.44. The van der Waals surface area contributed by atoms with Crippen LogP contribution in [0.2, 0.25) is 0 Å². The lowest BCUT2D eigenvalue weighted by Gasteiger charge is -2.30. The van der Waals surface area contributed by atoms with E-state index in [9.17, 15) is 9.90 Å². The van der Waals surface area contributed by atoms with E-state index in [1.807, 2.05) is 18.2 Å². The second kappa shape index (κ2) is 5.41. The van der Waals surface area contributed by atoms with E-state index in [1.54, 1.807) is 18.9 Å². The van der Waals surface area contributed by atoms with Crippen molar-refractivity contribution >= 4 is 16.9 Å². The van der Waals surface area contributed by atoms with Gasteiger partial charge in [0.2, 0.25) is 0 Å². The first-order chi connectivity index (χ1) is 10.1. The van der Waals surface area contributed by atoms with Crippen molar-refractivity contribution in [1.29, 1.82) is 0 Å². The molecule has 0 spiro atoms. The van der Waals surface area contributed by atoms with E-state index in [2.05, 4.69) is 0 Å². The van der Waals surface area contributed by atoms with Crippen LogP contribution in [0.4, 0.5) is 0 Å². The Morgan fingerprint density at radius 2 is 2.29 bits per heavy atom. The molecule has 1 aromatic heterocycles. The first-order valence-corrected chi connectivity index (χ1v) is 7.14. The third kappa shape index (κ3) is 2.49. The van der Waals surface area contributed by atoms with E-state index in [0.717, 1.165) is 18.2 Å². The molecule has 5 nitrogen and oxygen atoms in total. The fourth-order valence-corrected chi connectivity index (χ4v) is 2.89. The van der Waals surface area contributed by atoms with Gasteiger partial charge >= 0.3 is 0 Å². The summed E-state index contributed by atoms with van der Waals surface area (Å²) in [5.41, 5.74) is 1.24. The summed E-state index contributed by atoms with van der Waals surface area (Å²) in [6.45, 7) is 2.85. The van der Waals surface area contributed by atoms with Crippen LogP contribution in [-0.4, -0.2) is 42.2 Å². The molecule has 0 bridgehead atoms. The van der Waals surface area contributed by atoms with E-state index in [0.29, 0.717) is 35.7 Å². The zero-order valence-electron chi connectivity index (χ0n) is 12.3. The van der Waals surface area contributed by atoms with Gasteiger partial charge in [0.15, 0.2) is 0 Å². The van der Waals surface area contributed by atoms with Crippen LogP contribution in [-0.2, 0) is 0 Å². The molecular formula is C16H19NO4. The summed E-state index contributed by atoms with van der Waals surface area (Å²) in [6, 6.07) is 5.44. The maximum Gasteiger partial charge on any atom is 0.258 e. The van der Waals surface area contributed by atoms with Crippen molar-refractivity contribution in [3.63, 3.8) is 0 Å². The zero-order valence-corrected chi connectivity index (χ0v) is 12.3. The Morgan fingerprint density at radius 1 is 1.48 bits per heavy atom. The molecule has 1 aliphatic heterocycles. The second-order valence-electron chi connectivity index (χ2n) is 5.44.